The summed E-state index contributed by atoms with van der Waals surface area (Å²) in [6.45, 7) is 9.11. The number of nitrogens with zero attached hydrogens (tertiary/aromatic N) is 2. The van der Waals surface area contributed by atoms with Gasteiger partial charge in [0.1, 0.15) is 12.6 Å². The maximum Gasteiger partial charge on any atom is 0.224 e. The molecular weight excluding hydrogens is 344 g/mol. The number of pyridine rings is 1. The minimum Gasteiger partial charge on any atom is -0.464 e. The molecule has 0 bridgehead atoms. The average Bonchev–Trinajstić information content (AvgIpc) is 3.08. The van der Waals surface area contributed by atoms with Crippen LogP contribution in [0, 0.1) is 12.3 Å². The quantitative estimate of drug-likeness (QED) is 0.379. The van der Waals surface area contributed by atoms with Gasteiger partial charge in [-0.2, -0.15) is 0 Å². The van der Waals surface area contributed by atoms with E-state index < -0.39 is 0 Å². The summed E-state index contributed by atoms with van der Waals surface area (Å²) < 4.78 is 8.02. The number of aromatic nitrogens is 1. The van der Waals surface area contributed by atoms with Crippen LogP contribution in [0.5, 0.6) is 0 Å². The lowest BCUT2D eigenvalue weighted by atomic mass is 9.85. The van der Waals surface area contributed by atoms with Gasteiger partial charge in [-0.25, -0.2) is 4.57 Å². The molecule has 3 nitrogen and oxygen atoms in total. The highest BCUT2D eigenvalue weighted by atomic mass is 16.3. The Hall–Kier alpha value is -2.81. The number of hydrogen-bond donors (Lipinski definition) is 0. The molecule has 3 heterocycles. The zero-order valence-electron chi connectivity index (χ0n) is 17.6. The van der Waals surface area contributed by atoms with Crippen molar-refractivity contribution in [2.45, 2.75) is 34.1 Å². The fourth-order valence-corrected chi connectivity index (χ4v) is 4.78. The topological polar surface area (TPSA) is 20.3 Å². The van der Waals surface area contributed by atoms with Gasteiger partial charge < -0.3 is 9.32 Å². The van der Waals surface area contributed by atoms with Crippen molar-refractivity contribution in [3.63, 3.8) is 0 Å². The van der Waals surface area contributed by atoms with Crippen LogP contribution in [0.2, 0.25) is 0 Å². The van der Waals surface area contributed by atoms with E-state index >= 15 is 0 Å². The molecule has 1 aliphatic rings. The zero-order chi connectivity index (χ0) is 19.8. The molecule has 28 heavy (non-hydrogen) atoms. The predicted octanol–water partition coefficient (Wildman–Crippen LogP) is 6.06. The number of fused-ring (bicyclic) bond motifs is 3. The van der Waals surface area contributed by atoms with Crippen LogP contribution in [-0.2, 0) is 13.5 Å². The molecule has 0 atom stereocenters. The van der Waals surface area contributed by atoms with Crippen molar-refractivity contribution in [2.24, 2.45) is 12.5 Å². The van der Waals surface area contributed by atoms with Gasteiger partial charge in [-0.1, -0.05) is 26.8 Å². The third kappa shape index (κ3) is 2.39. The molecule has 3 heteroatoms. The molecule has 0 fully saturated rings. The summed E-state index contributed by atoms with van der Waals surface area (Å²) in [5.74, 6) is 0. The van der Waals surface area contributed by atoms with E-state index in [1.54, 1.807) is 6.26 Å². The van der Waals surface area contributed by atoms with Gasteiger partial charge in [-0.3, -0.25) is 0 Å². The molecule has 0 saturated carbocycles. The van der Waals surface area contributed by atoms with Crippen LogP contribution in [0.1, 0.15) is 31.9 Å². The Morgan fingerprint density at radius 2 is 1.86 bits per heavy atom. The van der Waals surface area contributed by atoms with E-state index in [9.17, 15) is 0 Å². The van der Waals surface area contributed by atoms with Gasteiger partial charge in [0.2, 0.25) is 5.69 Å². The fraction of sp³-hybridized carbons (Fsp3) is 0.320. The Bertz CT molecular complexity index is 1260. The van der Waals surface area contributed by atoms with E-state index in [1.807, 2.05) is 0 Å². The maximum atomic E-state index is 5.76. The van der Waals surface area contributed by atoms with Crippen molar-refractivity contribution in [2.75, 3.05) is 11.9 Å². The van der Waals surface area contributed by atoms with Crippen LogP contribution in [0.25, 0.3) is 33.0 Å². The summed E-state index contributed by atoms with van der Waals surface area (Å²) in [4.78, 5) is 2.34. The van der Waals surface area contributed by atoms with E-state index in [2.05, 4.69) is 87.8 Å². The lowest BCUT2D eigenvalue weighted by molar-refractivity contribution is -0.659. The Morgan fingerprint density at radius 1 is 1.07 bits per heavy atom. The zero-order valence-corrected chi connectivity index (χ0v) is 17.6. The second-order valence-electron chi connectivity index (χ2n) is 9.38. The first-order valence-electron chi connectivity index (χ1n) is 9.95. The van der Waals surface area contributed by atoms with E-state index in [0.717, 1.165) is 12.0 Å². The molecule has 4 aromatic rings. The molecule has 0 N–H and O–H groups in total. The molecule has 0 amide bonds. The second kappa shape index (κ2) is 5.60. The Morgan fingerprint density at radius 3 is 2.61 bits per heavy atom. The predicted molar refractivity (Wildman–Crippen MR) is 116 cm³/mol. The molecule has 2 aromatic carbocycles. The average molecular weight is 372 g/mol. The number of rotatable bonds is 1. The molecular formula is C25H27N2O+. The number of benzene rings is 2. The van der Waals surface area contributed by atoms with Crippen molar-refractivity contribution >= 4 is 33.1 Å². The van der Waals surface area contributed by atoms with E-state index in [1.165, 1.54) is 49.9 Å². The third-order valence-electron chi connectivity index (χ3n) is 5.97. The van der Waals surface area contributed by atoms with Crippen LogP contribution in [0.15, 0.2) is 47.2 Å². The van der Waals surface area contributed by atoms with Crippen molar-refractivity contribution in [1.82, 2.24) is 0 Å². The first-order valence-corrected chi connectivity index (χ1v) is 9.95. The van der Waals surface area contributed by atoms with Gasteiger partial charge in [0, 0.05) is 24.6 Å². The van der Waals surface area contributed by atoms with Crippen molar-refractivity contribution < 1.29 is 8.98 Å². The van der Waals surface area contributed by atoms with Crippen LogP contribution in [0.4, 0.5) is 11.4 Å². The highest BCUT2D eigenvalue weighted by Gasteiger charge is 2.32. The molecule has 0 spiro atoms. The second-order valence-corrected chi connectivity index (χ2v) is 9.38. The van der Waals surface area contributed by atoms with E-state index in [-0.39, 0.29) is 5.41 Å². The normalized spacial score (nSPS) is 13.4. The van der Waals surface area contributed by atoms with Gasteiger partial charge in [0.15, 0.2) is 6.20 Å². The van der Waals surface area contributed by atoms with Gasteiger partial charge in [0.25, 0.3) is 0 Å². The third-order valence-corrected chi connectivity index (χ3v) is 5.97. The number of furan rings is 1. The molecule has 0 radical (unpaired) electrons. The Balaban J connectivity index is 1.90. The highest BCUT2D eigenvalue weighted by Crippen LogP contribution is 2.49. The van der Waals surface area contributed by atoms with E-state index in [4.69, 9.17) is 4.42 Å². The molecule has 5 rings (SSSR count). The monoisotopic (exact) mass is 371 g/mol. The molecule has 0 unspecified atom stereocenters. The van der Waals surface area contributed by atoms with Crippen LogP contribution in [-0.4, -0.2) is 7.05 Å². The summed E-state index contributed by atoms with van der Waals surface area (Å²) in [6, 6.07) is 11.3. The van der Waals surface area contributed by atoms with Crippen molar-refractivity contribution in [3.05, 3.63) is 53.9 Å². The minimum absolute atomic E-state index is 0.255. The van der Waals surface area contributed by atoms with Crippen LogP contribution in [0.3, 0.4) is 0 Å². The van der Waals surface area contributed by atoms with Gasteiger partial charge in [-0.15, -0.1) is 0 Å². The first-order chi connectivity index (χ1) is 13.2. The largest absolute Gasteiger partial charge is 0.464 e. The molecule has 142 valence electrons. The summed E-state index contributed by atoms with van der Waals surface area (Å²) in [5, 5.41) is 3.84. The van der Waals surface area contributed by atoms with Crippen LogP contribution >= 0.6 is 0 Å². The highest BCUT2D eigenvalue weighted by molar-refractivity contribution is 6.12. The Labute approximate surface area is 166 Å². The first kappa shape index (κ1) is 17.3. The smallest absolute Gasteiger partial charge is 0.224 e. The van der Waals surface area contributed by atoms with Gasteiger partial charge in [0.05, 0.1) is 28.6 Å². The lowest BCUT2D eigenvalue weighted by Gasteiger charge is -2.30. The molecule has 0 saturated heterocycles. The molecule has 0 aliphatic carbocycles. The minimum atomic E-state index is 0.255. The van der Waals surface area contributed by atoms with Crippen molar-refractivity contribution in [3.8, 4) is 11.3 Å². The summed E-state index contributed by atoms with van der Waals surface area (Å²) in [5.41, 5.74) is 8.96. The summed E-state index contributed by atoms with van der Waals surface area (Å²) in [7, 11) is 4.33. The summed E-state index contributed by atoms with van der Waals surface area (Å²) >= 11 is 0. The SMILES string of the molecule is Cc1c2c(cc3occc13)N(C)c1cc(CC(C)(C)C)cc3cc[n+](C)c-2c13. The standard InChI is InChI=1S/C25H27N2O/c1-15-18-8-10-28-21(18)13-20-22(15)24-23-17(7-9-26(24)5)11-16(14-25(2,3)4)12-19(23)27(20)6/h7-13H,14H2,1-6H3/q+1. The fourth-order valence-electron chi connectivity index (χ4n) is 4.78. The van der Waals surface area contributed by atoms with Gasteiger partial charge >= 0.3 is 0 Å². The van der Waals surface area contributed by atoms with Gasteiger partial charge in [-0.05, 0) is 47.4 Å². The Kier molecular flexibility index (Phi) is 3.46. The maximum absolute atomic E-state index is 5.76. The summed E-state index contributed by atoms with van der Waals surface area (Å²) in [6.07, 6.45) is 5.04. The van der Waals surface area contributed by atoms with Crippen molar-refractivity contribution in [1.29, 1.82) is 0 Å². The van der Waals surface area contributed by atoms with E-state index in [0.29, 0.717) is 0 Å². The number of anilines is 2. The number of aryl methyl sites for hydroxylation is 2. The lowest BCUT2D eigenvalue weighted by Crippen LogP contribution is -2.33. The number of hydrogen-bond acceptors (Lipinski definition) is 2. The molecule has 1 aliphatic heterocycles. The van der Waals surface area contributed by atoms with Crippen LogP contribution < -0.4 is 9.47 Å². The molecule has 2 aromatic heterocycles.